The van der Waals surface area contributed by atoms with Gasteiger partial charge in [-0.1, -0.05) is 60.7 Å². The predicted molar refractivity (Wildman–Crippen MR) is 160 cm³/mol. The number of carbonyl (C=O) groups excluding carboxylic acids is 3. The van der Waals surface area contributed by atoms with Crippen LogP contribution >= 0.6 is 11.8 Å². The predicted octanol–water partition coefficient (Wildman–Crippen LogP) is 6.22. The second kappa shape index (κ2) is 13.8. The van der Waals surface area contributed by atoms with Gasteiger partial charge in [-0.25, -0.2) is 0 Å². The highest BCUT2D eigenvalue weighted by Crippen LogP contribution is 2.27. The maximum atomic E-state index is 13.3. The van der Waals surface area contributed by atoms with Gasteiger partial charge in [-0.05, 0) is 61.0 Å². The van der Waals surface area contributed by atoms with E-state index in [2.05, 4.69) is 16.0 Å². The number of amides is 3. The molecule has 1 unspecified atom stereocenters. The first-order chi connectivity index (χ1) is 19.4. The lowest BCUT2D eigenvalue weighted by molar-refractivity contribution is -0.115. The lowest BCUT2D eigenvalue weighted by atomic mass is 10.1. The van der Waals surface area contributed by atoms with Crippen LogP contribution in [-0.2, 0) is 9.59 Å². The lowest BCUT2D eigenvalue weighted by Gasteiger charge is -2.14. The zero-order chi connectivity index (χ0) is 28.3. The van der Waals surface area contributed by atoms with Crippen LogP contribution in [0, 0.1) is 0 Å². The van der Waals surface area contributed by atoms with Crippen molar-refractivity contribution in [2.45, 2.75) is 17.1 Å². The maximum absolute atomic E-state index is 13.3. The van der Waals surface area contributed by atoms with E-state index in [9.17, 15) is 14.4 Å². The molecule has 4 aromatic rings. The van der Waals surface area contributed by atoms with E-state index < -0.39 is 17.1 Å². The first-order valence-corrected chi connectivity index (χ1v) is 13.5. The molecule has 3 N–H and O–H groups in total. The molecule has 4 rings (SSSR count). The Kier molecular flexibility index (Phi) is 9.74. The van der Waals surface area contributed by atoms with Crippen LogP contribution in [-0.4, -0.2) is 30.1 Å². The third kappa shape index (κ3) is 8.09. The van der Waals surface area contributed by atoms with Gasteiger partial charge in [0.05, 0.1) is 12.4 Å². The Morgan fingerprint density at radius 2 is 1.43 bits per heavy atom. The molecular formula is C32H29N3O4S. The highest BCUT2D eigenvalue weighted by atomic mass is 32.2. The smallest absolute Gasteiger partial charge is 0.272 e. The number of carbonyl (C=O) groups is 3. The molecule has 0 saturated heterocycles. The van der Waals surface area contributed by atoms with Crippen molar-refractivity contribution in [1.29, 1.82) is 0 Å². The molecule has 4 aromatic carbocycles. The average molecular weight is 552 g/mol. The zero-order valence-corrected chi connectivity index (χ0v) is 22.9. The Labute approximate surface area is 237 Å². The van der Waals surface area contributed by atoms with Crippen LogP contribution in [0.5, 0.6) is 5.75 Å². The summed E-state index contributed by atoms with van der Waals surface area (Å²) < 4.78 is 5.21. The van der Waals surface area contributed by atoms with Gasteiger partial charge in [0, 0.05) is 27.9 Å². The molecule has 40 heavy (non-hydrogen) atoms. The Morgan fingerprint density at radius 3 is 2.12 bits per heavy atom. The van der Waals surface area contributed by atoms with Crippen LogP contribution in [0.1, 0.15) is 22.8 Å². The number of benzene rings is 4. The van der Waals surface area contributed by atoms with Crippen LogP contribution < -0.4 is 20.7 Å². The maximum Gasteiger partial charge on any atom is 0.272 e. The molecule has 0 aliphatic heterocycles. The molecule has 7 nitrogen and oxygen atoms in total. The molecule has 1 atom stereocenters. The van der Waals surface area contributed by atoms with Crippen LogP contribution in [0.2, 0.25) is 0 Å². The summed E-state index contributed by atoms with van der Waals surface area (Å²) in [6.45, 7) is 1.81. The highest BCUT2D eigenvalue weighted by Gasteiger charge is 2.17. The number of ether oxygens (including phenoxy) is 1. The normalized spacial score (nSPS) is 11.7. The molecule has 8 heteroatoms. The van der Waals surface area contributed by atoms with Crippen molar-refractivity contribution in [3.8, 4) is 5.75 Å². The summed E-state index contributed by atoms with van der Waals surface area (Å²) >= 11 is 1.36. The molecule has 202 valence electrons. The Hall–Kier alpha value is -4.82. The quantitative estimate of drug-likeness (QED) is 0.161. The molecule has 0 radical (unpaired) electrons. The summed E-state index contributed by atoms with van der Waals surface area (Å²) in [5.41, 5.74) is 2.48. The van der Waals surface area contributed by atoms with Crippen molar-refractivity contribution < 1.29 is 19.1 Å². The van der Waals surface area contributed by atoms with Gasteiger partial charge < -0.3 is 20.7 Å². The topological polar surface area (TPSA) is 96.5 Å². The van der Waals surface area contributed by atoms with Gasteiger partial charge in [-0.2, -0.15) is 0 Å². The highest BCUT2D eigenvalue weighted by molar-refractivity contribution is 8.00. The standard InChI is InChI=1S/C32H29N3O4S/c1-22(30(36)33-25-15-9-17-27(20-25)39-2)40-28-18-10-16-26(21-28)34-32(38)29(19-23-11-5-3-6-12-23)35-31(37)24-13-7-4-8-14-24/h3-22H,1-2H3,(H,33,36)(H,34,38)(H,35,37)/b29-19-. The fourth-order valence-electron chi connectivity index (χ4n) is 3.71. The first kappa shape index (κ1) is 28.2. The molecular weight excluding hydrogens is 522 g/mol. The zero-order valence-electron chi connectivity index (χ0n) is 22.1. The van der Waals surface area contributed by atoms with Crippen LogP contribution in [0.25, 0.3) is 6.08 Å². The molecule has 3 amide bonds. The largest absolute Gasteiger partial charge is 0.497 e. The van der Waals surface area contributed by atoms with Gasteiger partial charge in [0.1, 0.15) is 11.4 Å². The van der Waals surface area contributed by atoms with E-state index in [0.717, 1.165) is 10.5 Å². The number of thioether (sulfide) groups is 1. The van der Waals surface area contributed by atoms with Crippen molar-refractivity contribution in [1.82, 2.24) is 5.32 Å². The average Bonchev–Trinajstić information content (AvgIpc) is 2.98. The molecule has 0 heterocycles. The van der Waals surface area contributed by atoms with Gasteiger partial charge in [-0.15, -0.1) is 11.8 Å². The Morgan fingerprint density at radius 1 is 0.775 bits per heavy atom. The Bertz CT molecular complexity index is 1510. The summed E-state index contributed by atoms with van der Waals surface area (Å²) in [5.74, 6) is -0.371. The number of anilines is 2. The second-order valence-corrected chi connectivity index (χ2v) is 10.2. The molecule has 0 aliphatic rings. The van der Waals surface area contributed by atoms with Gasteiger partial charge in [-0.3, -0.25) is 14.4 Å². The van der Waals surface area contributed by atoms with E-state index in [4.69, 9.17) is 4.74 Å². The summed E-state index contributed by atoms with van der Waals surface area (Å²) in [7, 11) is 1.57. The number of methoxy groups -OCH3 is 1. The van der Waals surface area contributed by atoms with Crippen LogP contribution in [0.15, 0.2) is 120 Å². The van der Waals surface area contributed by atoms with Gasteiger partial charge in [0.25, 0.3) is 11.8 Å². The summed E-state index contributed by atoms with van der Waals surface area (Å²) in [4.78, 5) is 39.7. The van der Waals surface area contributed by atoms with E-state index in [1.54, 1.807) is 79.9 Å². The van der Waals surface area contributed by atoms with E-state index in [1.807, 2.05) is 49.4 Å². The van der Waals surface area contributed by atoms with Crippen molar-refractivity contribution in [3.05, 3.63) is 126 Å². The van der Waals surface area contributed by atoms with E-state index in [1.165, 1.54) is 11.8 Å². The summed E-state index contributed by atoms with van der Waals surface area (Å²) in [6.07, 6.45) is 1.62. The number of nitrogens with one attached hydrogen (secondary N) is 3. The molecule has 0 fully saturated rings. The van der Waals surface area contributed by atoms with Crippen molar-refractivity contribution in [3.63, 3.8) is 0 Å². The molecule has 0 bridgehead atoms. The first-order valence-electron chi connectivity index (χ1n) is 12.6. The third-order valence-corrected chi connectivity index (χ3v) is 6.84. The minimum Gasteiger partial charge on any atom is -0.497 e. The van der Waals surface area contributed by atoms with Crippen molar-refractivity contribution >= 4 is 46.9 Å². The van der Waals surface area contributed by atoms with E-state index >= 15 is 0 Å². The van der Waals surface area contributed by atoms with Gasteiger partial charge >= 0.3 is 0 Å². The van der Waals surface area contributed by atoms with E-state index in [0.29, 0.717) is 22.7 Å². The molecule has 0 aromatic heterocycles. The summed E-state index contributed by atoms with van der Waals surface area (Å²) in [5, 5.41) is 8.09. The number of hydrogen-bond acceptors (Lipinski definition) is 5. The van der Waals surface area contributed by atoms with E-state index in [-0.39, 0.29) is 11.6 Å². The minimum atomic E-state index is -0.473. The molecule has 0 aliphatic carbocycles. The number of rotatable bonds is 10. The van der Waals surface area contributed by atoms with Crippen molar-refractivity contribution in [2.75, 3.05) is 17.7 Å². The fraction of sp³-hybridized carbons (Fsp3) is 0.0938. The molecule has 0 saturated carbocycles. The van der Waals surface area contributed by atoms with Crippen LogP contribution in [0.3, 0.4) is 0 Å². The monoisotopic (exact) mass is 551 g/mol. The van der Waals surface area contributed by atoms with Crippen molar-refractivity contribution in [2.24, 2.45) is 0 Å². The fourth-order valence-corrected chi connectivity index (χ4v) is 4.63. The third-order valence-electron chi connectivity index (χ3n) is 5.75. The second-order valence-electron chi connectivity index (χ2n) is 8.75. The minimum absolute atomic E-state index is 0.101. The summed E-state index contributed by atoms with van der Waals surface area (Å²) in [6, 6.07) is 32.3. The molecule has 0 spiro atoms. The SMILES string of the molecule is COc1cccc(NC(=O)C(C)Sc2cccc(NC(=O)/C(=C/c3ccccc3)NC(=O)c3ccccc3)c2)c1. The van der Waals surface area contributed by atoms with Gasteiger partial charge in [0.2, 0.25) is 5.91 Å². The van der Waals surface area contributed by atoms with Gasteiger partial charge in [0.15, 0.2) is 0 Å². The number of hydrogen-bond donors (Lipinski definition) is 3. The van der Waals surface area contributed by atoms with Crippen LogP contribution in [0.4, 0.5) is 11.4 Å². The Balaban J connectivity index is 1.45. The lowest BCUT2D eigenvalue weighted by Crippen LogP contribution is -2.30.